The second kappa shape index (κ2) is 4.07. The van der Waals surface area contributed by atoms with Gasteiger partial charge in [0.15, 0.2) is 11.3 Å². The summed E-state index contributed by atoms with van der Waals surface area (Å²) in [6.07, 6.45) is 1.61. The van der Waals surface area contributed by atoms with Crippen molar-refractivity contribution in [3.05, 3.63) is 42.2 Å². The average Bonchev–Trinajstić information content (AvgIpc) is 2.97. The van der Waals surface area contributed by atoms with Crippen LogP contribution < -0.4 is 5.32 Å². The number of hydrogen-bond acceptors (Lipinski definition) is 4. The first-order chi connectivity index (χ1) is 8.36. The number of hydrogen-bond donors (Lipinski definition) is 1. The van der Waals surface area contributed by atoms with Crippen LogP contribution in [0.25, 0.3) is 22.8 Å². The third kappa shape index (κ3) is 1.83. The first kappa shape index (κ1) is 10.1. The number of benzene rings is 1. The molecule has 0 fully saturated rings. The minimum atomic E-state index is 0.520. The Labute approximate surface area is 98.3 Å². The van der Waals surface area contributed by atoms with Gasteiger partial charge in [-0.05, 0) is 36.9 Å². The molecular weight excluding hydrogens is 216 g/mol. The van der Waals surface area contributed by atoms with Gasteiger partial charge in [0.05, 0.1) is 6.26 Å². The van der Waals surface area contributed by atoms with Crippen LogP contribution in [0.1, 0.15) is 5.56 Å². The molecule has 3 rings (SSSR count). The van der Waals surface area contributed by atoms with Crippen LogP contribution in [-0.4, -0.2) is 12.0 Å². The van der Waals surface area contributed by atoms with Gasteiger partial charge in [-0.1, -0.05) is 6.07 Å². The zero-order valence-corrected chi connectivity index (χ0v) is 9.43. The highest BCUT2D eigenvalue weighted by atomic mass is 16.4. The van der Waals surface area contributed by atoms with Gasteiger partial charge in [0.2, 0.25) is 0 Å². The summed E-state index contributed by atoms with van der Waals surface area (Å²) in [5.74, 6) is 1.17. The molecule has 0 atom stereocenters. The van der Waals surface area contributed by atoms with Gasteiger partial charge in [0.1, 0.15) is 5.52 Å². The molecule has 0 saturated carbocycles. The Morgan fingerprint density at radius 3 is 3.00 bits per heavy atom. The molecule has 0 amide bonds. The lowest BCUT2D eigenvalue weighted by Gasteiger charge is -1.97. The van der Waals surface area contributed by atoms with E-state index in [4.69, 9.17) is 8.83 Å². The standard InChI is InChI=1S/C13H12N2O2/c1-14-8-9-4-5-10-12(7-9)17-13(15-10)11-3-2-6-16-11/h2-7,14H,8H2,1H3. The van der Waals surface area contributed by atoms with E-state index >= 15 is 0 Å². The molecule has 0 bridgehead atoms. The van der Waals surface area contributed by atoms with Gasteiger partial charge in [-0.15, -0.1) is 0 Å². The Morgan fingerprint density at radius 1 is 1.29 bits per heavy atom. The molecule has 0 saturated heterocycles. The van der Waals surface area contributed by atoms with Crippen LogP contribution in [0.4, 0.5) is 0 Å². The molecule has 3 aromatic rings. The number of oxazole rings is 1. The quantitative estimate of drug-likeness (QED) is 0.748. The van der Waals surface area contributed by atoms with Gasteiger partial charge in [-0.25, -0.2) is 4.98 Å². The Morgan fingerprint density at radius 2 is 2.24 bits per heavy atom. The Kier molecular flexibility index (Phi) is 2.42. The molecule has 17 heavy (non-hydrogen) atoms. The molecule has 0 aliphatic rings. The topological polar surface area (TPSA) is 51.2 Å². The van der Waals surface area contributed by atoms with Crippen LogP contribution in [0, 0.1) is 0 Å². The van der Waals surface area contributed by atoms with Crippen molar-refractivity contribution < 1.29 is 8.83 Å². The lowest BCUT2D eigenvalue weighted by Crippen LogP contribution is -2.04. The summed E-state index contributed by atoms with van der Waals surface area (Å²) in [5.41, 5.74) is 2.79. The van der Waals surface area contributed by atoms with Crippen molar-refractivity contribution in [3.63, 3.8) is 0 Å². The lowest BCUT2D eigenvalue weighted by molar-refractivity contribution is 0.535. The highest BCUT2D eigenvalue weighted by molar-refractivity contribution is 5.76. The molecule has 4 heteroatoms. The highest BCUT2D eigenvalue weighted by Gasteiger charge is 2.10. The molecule has 1 N–H and O–H groups in total. The third-order valence-corrected chi connectivity index (χ3v) is 2.57. The zero-order valence-electron chi connectivity index (χ0n) is 9.43. The Bertz CT molecular complexity index is 626. The highest BCUT2D eigenvalue weighted by Crippen LogP contribution is 2.25. The van der Waals surface area contributed by atoms with E-state index < -0.39 is 0 Å². The van der Waals surface area contributed by atoms with Gasteiger partial charge in [-0.2, -0.15) is 0 Å². The fraction of sp³-hybridized carbons (Fsp3) is 0.154. The summed E-state index contributed by atoms with van der Waals surface area (Å²) in [4.78, 5) is 4.38. The molecule has 86 valence electrons. The van der Waals surface area contributed by atoms with Crippen LogP contribution in [-0.2, 0) is 6.54 Å². The SMILES string of the molecule is CNCc1ccc2nc(-c3ccco3)oc2c1. The zero-order chi connectivity index (χ0) is 11.7. The van der Waals surface area contributed by atoms with Gasteiger partial charge in [-0.3, -0.25) is 0 Å². The Hall–Kier alpha value is -2.07. The number of aromatic nitrogens is 1. The number of fused-ring (bicyclic) bond motifs is 1. The van der Waals surface area contributed by atoms with E-state index in [1.807, 2.05) is 37.4 Å². The first-order valence-corrected chi connectivity index (χ1v) is 5.45. The first-order valence-electron chi connectivity index (χ1n) is 5.45. The van der Waals surface area contributed by atoms with Gasteiger partial charge >= 0.3 is 0 Å². The van der Waals surface area contributed by atoms with Crippen molar-refractivity contribution in [2.24, 2.45) is 0 Å². The van der Waals surface area contributed by atoms with Crippen LogP contribution >= 0.6 is 0 Å². The van der Waals surface area contributed by atoms with E-state index in [0.29, 0.717) is 11.7 Å². The van der Waals surface area contributed by atoms with Crippen LogP contribution in [0.5, 0.6) is 0 Å². The van der Waals surface area contributed by atoms with Crippen molar-refractivity contribution in [2.75, 3.05) is 7.05 Å². The normalized spacial score (nSPS) is 11.1. The van der Waals surface area contributed by atoms with Crippen molar-refractivity contribution in [3.8, 4) is 11.7 Å². The fourth-order valence-corrected chi connectivity index (χ4v) is 1.79. The largest absolute Gasteiger partial charge is 0.459 e. The van der Waals surface area contributed by atoms with E-state index in [2.05, 4.69) is 10.3 Å². The predicted octanol–water partition coefficient (Wildman–Crippen LogP) is 2.81. The maximum absolute atomic E-state index is 5.67. The maximum Gasteiger partial charge on any atom is 0.263 e. The van der Waals surface area contributed by atoms with E-state index in [1.165, 1.54) is 5.56 Å². The Balaban J connectivity index is 2.07. The molecule has 0 radical (unpaired) electrons. The molecule has 4 nitrogen and oxygen atoms in total. The minimum Gasteiger partial charge on any atom is -0.459 e. The smallest absolute Gasteiger partial charge is 0.263 e. The average molecular weight is 228 g/mol. The van der Waals surface area contributed by atoms with E-state index in [1.54, 1.807) is 6.26 Å². The van der Waals surface area contributed by atoms with Crippen molar-refractivity contribution >= 4 is 11.1 Å². The molecule has 0 unspecified atom stereocenters. The molecule has 0 aliphatic heterocycles. The van der Waals surface area contributed by atoms with Crippen molar-refractivity contribution in [1.29, 1.82) is 0 Å². The number of nitrogens with one attached hydrogen (secondary N) is 1. The van der Waals surface area contributed by atoms with Gasteiger partial charge < -0.3 is 14.2 Å². The maximum atomic E-state index is 5.67. The number of rotatable bonds is 3. The van der Waals surface area contributed by atoms with Crippen molar-refractivity contribution in [1.82, 2.24) is 10.3 Å². The minimum absolute atomic E-state index is 0.520. The summed E-state index contributed by atoms with van der Waals surface area (Å²) in [6.45, 7) is 0.812. The van der Waals surface area contributed by atoms with E-state index in [-0.39, 0.29) is 0 Å². The van der Waals surface area contributed by atoms with Gasteiger partial charge in [0, 0.05) is 6.54 Å². The second-order valence-electron chi connectivity index (χ2n) is 3.83. The third-order valence-electron chi connectivity index (χ3n) is 2.57. The summed E-state index contributed by atoms with van der Waals surface area (Å²) in [7, 11) is 1.92. The summed E-state index contributed by atoms with van der Waals surface area (Å²) < 4.78 is 10.9. The fourth-order valence-electron chi connectivity index (χ4n) is 1.79. The number of furan rings is 1. The van der Waals surface area contributed by atoms with Crippen LogP contribution in [0.15, 0.2) is 45.4 Å². The molecule has 0 spiro atoms. The lowest BCUT2D eigenvalue weighted by atomic mass is 10.2. The van der Waals surface area contributed by atoms with Crippen LogP contribution in [0.3, 0.4) is 0 Å². The predicted molar refractivity (Wildman–Crippen MR) is 64.5 cm³/mol. The number of nitrogens with zero attached hydrogens (tertiary/aromatic N) is 1. The second-order valence-corrected chi connectivity index (χ2v) is 3.83. The van der Waals surface area contributed by atoms with Crippen LogP contribution in [0.2, 0.25) is 0 Å². The summed E-state index contributed by atoms with van der Waals surface area (Å²) >= 11 is 0. The van der Waals surface area contributed by atoms with E-state index in [9.17, 15) is 0 Å². The molecular formula is C13H12N2O2. The summed E-state index contributed by atoms with van der Waals surface area (Å²) in [6, 6.07) is 9.63. The molecule has 2 aromatic heterocycles. The van der Waals surface area contributed by atoms with E-state index in [0.717, 1.165) is 17.6 Å². The summed E-state index contributed by atoms with van der Waals surface area (Å²) in [5, 5.41) is 3.10. The van der Waals surface area contributed by atoms with Crippen molar-refractivity contribution in [2.45, 2.75) is 6.54 Å². The molecule has 0 aliphatic carbocycles. The molecule has 1 aromatic carbocycles. The molecule has 2 heterocycles. The monoisotopic (exact) mass is 228 g/mol. The van der Waals surface area contributed by atoms with Gasteiger partial charge in [0.25, 0.3) is 5.89 Å².